The highest BCUT2D eigenvalue weighted by Crippen LogP contribution is 2.15. The van der Waals surface area contributed by atoms with Crippen molar-refractivity contribution in [3.8, 4) is 0 Å². The number of rotatable bonds is 5. The average molecular weight is 214 g/mol. The molecule has 1 aliphatic rings. The molecule has 1 aliphatic heterocycles. The predicted molar refractivity (Wildman–Crippen MR) is 64.0 cm³/mol. The molecule has 0 aliphatic carbocycles. The summed E-state index contributed by atoms with van der Waals surface area (Å²) in [4.78, 5) is 2.50. The fourth-order valence-corrected chi connectivity index (χ4v) is 1.93. The van der Waals surface area contributed by atoms with Gasteiger partial charge < -0.3 is 15.3 Å². The largest absolute Gasteiger partial charge is 0.396 e. The Morgan fingerprint density at radius 3 is 2.40 bits per heavy atom. The lowest BCUT2D eigenvalue weighted by Gasteiger charge is -2.33. The lowest BCUT2D eigenvalue weighted by Crippen LogP contribution is -2.45. The Morgan fingerprint density at radius 1 is 1.33 bits per heavy atom. The summed E-state index contributed by atoms with van der Waals surface area (Å²) in [6.45, 7) is 11.2. The van der Waals surface area contributed by atoms with Crippen molar-refractivity contribution >= 4 is 0 Å². The van der Waals surface area contributed by atoms with Crippen LogP contribution in [0.3, 0.4) is 0 Å². The van der Waals surface area contributed by atoms with Gasteiger partial charge in [0.25, 0.3) is 0 Å². The number of nitrogens with one attached hydrogen (secondary N) is 1. The third-order valence-electron chi connectivity index (χ3n) is 3.33. The summed E-state index contributed by atoms with van der Waals surface area (Å²) >= 11 is 0. The highest BCUT2D eigenvalue weighted by molar-refractivity contribution is 4.79. The molecule has 1 saturated heterocycles. The van der Waals surface area contributed by atoms with Gasteiger partial charge in [-0.2, -0.15) is 0 Å². The van der Waals surface area contributed by atoms with Gasteiger partial charge >= 0.3 is 0 Å². The molecule has 3 heteroatoms. The molecule has 15 heavy (non-hydrogen) atoms. The van der Waals surface area contributed by atoms with Gasteiger partial charge in [0, 0.05) is 24.6 Å². The summed E-state index contributed by atoms with van der Waals surface area (Å²) in [5.41, 5.74) is 0.0158. The van der Waals surface area contributed by atoms with E-state index in [0.717, 1.165) is 6.54 Å². The normalized spacial score (nSPS) is 20.8. The summed E-state index contributed by atoms with van der Waals surface area (Å²) in [6.07, 6.45) is 2.49. The van der Waals surface area contributed by atoms with Gasteiger partial charge in [-0.1, -0.05) is 20.8 Å². The van der Waals surface area contributed by atoms with E-state index in [9.17, 15) is 0 Å². The van der Waals surface area contributed by atoms with Crippen molar-refractivity contribution < 1.29 is 5.11 Å². The molecule has 0 aromatic heterocycles. The molecule has 0 aromatic rings. The summed E-state index contributed by atoms with van der Waals surface area (Å²) in [5, 5.41) is 12.7. The number of likely N-dealkylation sites (tertiary alicyclic amines) is 1. The van der Waals surface area contributed by atoms with Crippen molar-refractivity contribution in [1.82, 2.24) is 10.2 Å². The zero-order chi connectivity index (χ0) is 11.3. The van der Waals surface area contributed by atoms with Crippen molar-refractivity contribution in [1.29, 1.82) is 0 Å². The molecule has 0 atom stereocenters. The summed E-state index contributed by atoms with van der Waals surface area (Å²) in [5.74, 6) is 0. The first kappa shape index (κ1) is 12.9. The highest BCUT2D eigenvalue weighted by Gasteiger charge is 2.21. The van der Waals surface area contributed by atoms with Crippen LogP contribution in [0, 0.1) is 5.41 Å². The third-order valence-corrected chi connectivity index (χ3v) is 3.33. The Hall–Kier alpha value is -0.120. The zero-order valence-corrected chi connectivity index (χ0v) is 10.4. The van der Waals surface area contributed by atoms with Crippen LogP contribution in [0.15, 0.2) is 0 Å². The molecule has 0 spiro atoms. The second kappa shape index (κ2) is 5.83. The van der Waals surface area contributed by atoms with E-state index in [0.29, 0.717) is 6.04 Å². The van der Waals surface area contributed by atoms with E-state index in [1.165, 1.54) is 32.5 Å². The summed E-state index contributed by atoms with van der Waals surface area (Å²) in [6, 6.07) is 0.652. The van der Waals surface area contributed by atoms with E-state index >= 15 is 0 Å². The quantitative estimate of drug-likeness (QED) is 0.719. The van der Waals surface area contributed by atoms with Crippen LogP contribution in [0.25, 0.3) is 0 Å². The summed E-state index contributed by atoms with van der Waals surface area (Å²) in [7, 11) is 0. The maximum absolute atomic E-state index is 9.16. The second-order valence-corrected chi connectivity index (χ2v) is 5.41. The van der Waals surface area contributed by atoms with Gasteiger partial charge in [0.2, 0.25) is 0 Å². The molecule has 0 amide bonds. The van der Waals surface area contributed by atoms with Crippen molar-refractivity contribution in [3.63, 3.8) is 0 Å². The lowest BCUT2D eigenvalue weighted by molar-refractivity contribution is 0.141. The molecule has 2 N–H and O–H groups in total. The van der Waals surface area contributed by atoms with Gasteiger partial charge in [-0.15, -0.1) is 0 Å². The fraction of sp³-hybridized carbons (Fsp3) is 1.00. The average Bonchev–Trinajstić information content (AvgIpc) is 2.27. The third kappa shape index (κ3) is 4.49. The van der Waals surface area contributed by atoms with E-state index in [4.69, 9.17) is 5.11 Å². The minimum Gasteiger partial charge on any atom is -0.396 e. The molecule has 1 heterocycles. The monoisotopic (exact) mass is 214 g/mol. The number of hydrogen-bond donors (Lipinski definition) is 2. The fourth-order valence-electron chi connectivity index (χ4n) is 1.93. The van der Waals surface area contributed by atoms with Gasteiger partial charge in [0.15, 0.2) is 0 Å². The van der Waals surface area contributed by atoms with Gasteiger partial charge in [-0.25, -0.2) is 0 Å². The van der Waals surface area contributed by atoms with Crippen molar-refractivity contribution in [2.24, 2.45) is 5.41 Å². The van der Waals surface area contributed by atoms with Crippen LogP contribution in [-0.2, 0) is 0 Å². The molecular formula is C12H26N2O. The minimum absolute atomic E-state index is 0.0158. The van der Waals surface area contributed by atoms with Crippen molar-refractivity contribution in [3.05, 3.63) is 0 Å². The van der Waals surface area contributed by atoms with Crippen LogP contribution in [0.5, 0.6) is 0 Å². The first-order valence-corrected chi connectivity index (χ1v) is 6.14. The van der Waals surface area contributed by atoms with E-state index < -0.39 is 0 Å². The predicted octanol–water partition coefficient (Wildman–Crippen LogP) is 1.08. The molecule has 0 bridgehead atoms. The molecular weight excluding hydrogens is 188 g/mol. The molecule has 0 aromatic carbocycles. The standard InChI is InChI=1S/C12H26N2O/c1-4-14-7-5-11(6-8-14)13-9-12(2,3)10-15/h11,13,15H,4-10H2,1-3H3. The number of aliphatic hydroxyl groups excluding tert-OH is 1. The van der Waals surface area contributed by atoms with Crippen LogP contribution >= 0.6 is 0 Å². The molecule has 0 unspecified atom stereocenters. The Labute approximate surface area is 93.9 Å². The highest BCUT2D eigenvalue weighted by atomic mass is 16.3. The Kier molecular flexibility index (Phi) is 5.03. The zero-order valence-electron chi connectivity index (χ0n) is 10.4. The Balaban J connectivity index is 2.19. The topological polar surface area (TPSA) is 35.5 Å². The van der Waals surface area contributed by atoms with E-state index in [1.54, 1.807) is 0 Å². The number of hydrogen-bond acceptors (Lipinski definition) is 3. The van der Waals surface area contributed by atoms with E-state index in [2.05, 4.69) is 31.0 Å². The second-order valence-electron chi connectivity index (χ2n) is 5.41. The molecule has 0 radical (unpaired) electrons. The minimum atomic E-state index is 0.0158. The molecule has 0 saturated carbocycles. The van der Waals surface area contributed by atoms with Crippen LogP contribution in [0.1, 0.15) is 33.6 Å². The number of piperidine rings is 1. The van der Waals surface area contributed by atoms with Gasteiger partial charge in [-0.3, -0.25) is 0 Å². The van der Waals surface area contributed by atoms with Crippen molar-refractivity contribution in [2.75, 3.05) is 32.8 Å². The van der Waals surface area contributed by atoms with E-state index in [-0.39, 0.29) is 12.0 Å². The number of aliphatic hydroxyl groups is 1. The maximum atomic E-state index is 9.16. The van der Waals surface area contributed by atoms with Crippen LogP contribution in [0.2, 0.25) is 0 Å². The molecule has 1 fully saturated rings. The maximum Gasteiger partial charge on any atom is 0.0494 e. The smallest absolute Gasteiger partial charge is 0.0494 e. The van der Waals surface area contributed by atoms with Crippen LogP contribution < -0.4 is 5.32 Å². The first-order valence-electron chi connectivity index (χ1n) is 6.14. The van der Waals surface area contributed by atoms with Gasteiger partial charge in [0.05, 0.1) is 0 Å². The molecule has 90 valence electrons. The SMILES string of the molecule is CCN1CCC(NCC(C)(C)CO)CC1. The lowest BCUT2D eigenvalue weighted by atomic mass is 9.93. The van der Waals surface area contributed by atoms with E-state index in [1.807, 2.05) is 0 Å². The summed E-state index contributed by atoms with van der Waals surface area (Å²) < 4.78 is 0. The Morgan fingerprint density at radius 2 is 1.93 bits per heavy atom. The molecule has 1 rings (SSSR count). The van der Waals surface area contributed by atoms with Gasteiger partial charge in [-0.05, 0) is 32.5 Å². The molecule has 3 nitrogen and oxygen atoms in total. The van der Waals surface area contributed by atoms with Crippen molar-refractivity contribution in [2.45, 2.75) is 39.7 Å². The Bertz CT molecular complexity index is 174. The first-order chi connectivity index (χ1) is 7.07. The van der Waals surface area contributed by atoms with Gasteiger partial charge in [0.1, 0.15) is 0 Å². The van der Waals surface area contributed by atoms with Crippen LogP contribution in [0.4, 0.5) is 0 Å². The van der Waals surface area contributed by atoms with Crippen LogP contribution in [-0.4, -0.2) is 48.8 Å². The number of nitrogens with zero attached hydrogens (tertiary/aromatic N) is 1.